The van der Waals surface area contributed by atoms with E-state index in [4.69, 9.17) is 4.74 Å². The molecule has 7 heteroatoms. The number of nitrogens with zero attached hydrogens (tertiary/aromatic N) is 1. The number of hydrogen-bond acceptors (Lipinski definition) is 5. The first kappa shape index (κ1) is 17.1. The standard InChI is InChI=1S/C17H23N3O3S/c1-9-6-4-5-7-11(9)23-8-12-19-15(21)13-10(2)14(16(22)18-3)24-17(13)20-12/h9,11H,4-8H2,1-3H3,(H,18,22)(H,19,20,21). The van der Waals surface area contributed by atoms with Crippen molar-refractivity contribution in [3.63, 3.8) is 0 Å². The lowest BCUT2D eigenvalue weighted by molar-refractivity contribution is -0.0181. The Morgan fingerprint density at radius 2 is 2.17 bits per heavy atom. The van der Waals surface area contributed by atoms with Crippen molar-refractivity contribution in [3.05, 3.63) is 26.6 Å². The van der Waals surface area contributed by atoms with E-state index in [2.05, 4.69) is 22.2 Å². The minimum atomic E-state index is -0.209. The van der Waals surface area contributed by atoms with E-state index in [9.17, 15) is 9.59 Å². The fraction of sp³-hybridized carbons (Fsp3) is 0.588. The van der Waals surface area contributed by atoms with Crippen molar-refractivity contribution in [2.45, 2.75) is 52.2 Å². The highest BCUT2D eigenvalue weighted by molar-refractivity contribution is 7.20. The highest BCUT2D eigenvalue weighted by Gasteiger charge is 2.23. The summed E-state index contributed by atoms with van der Waals surface area (Å²) in [5.74, 6) is 0.872. The first-order valence-corrected chi connectivity index (χ1v) is 9.19. The van der Waals surface area contributed by atoms with Crippen LogP contribution in [0.15, 0.2) is 4.79 Å². The van der Waals surface area contributed by atoms with Crippen LogP contribution in [0.5, 0.6) is 0 Å². The van der Waals surface area contributed by atoms with E-state index in [0.717, 1.165) is 6.42 Å². The predicted molar refractivity (Wildman–Crippen MR) is 94.6 cm³/mol. The van der Waals surface area contributed by atoms with Crippen LogP contribution in [-0.4, -0.2) is 29.0 Å². The van der Waals surface area contributed by atoms with Crippen LogP contribution in [0.1, 0.15) is 53.7 Å². The fourth-order valence-electron chi connectivity index (χ4n) is 3.30. The first-order chi connectivity index (χ1) is 11.5. The molecule has 1 saturated carbocycles. The van der Waals surface area contributed by atoms with E-state index in [1.807, 2.05) is 0 Å². The van der Waals surface area contributed by atoms with Crippen molar-refractivity contribution in [3.8, 4) is 0 Å². The second-order valence-corrected chi connectivity index (χ2v) is 7.44. The van der Waals surface area contributed by atoms with Gasteiger partial charge in [-0.15, -0.1) is 11.3 Å². The van der Waals surface area contributed by atoms with Crippen molar-refractivity contribution < 1.29 is 9.53 Å². The number of aromatic amines is 1. The number of H-pyrrole nitrogens is 1. The van der Waals surface area contributed by atoms with Crippen molar-refractivity contribution in [2.75, 3.05) is 7.05 Å². The van der Waals surface area contributed by atoms with Gasteiger partial charge in [0.05, 0.1) is 16.4 Å². The van der Waals surface area contributed by atoms with E-state index in [0.29, 0.717) is 39.0 Å². The van der Waals surface area contributed by atoms with Crippen molar-refractivity contribution in [2.24, 2.45) is 5.92 Å². The third kappa shape index (κ3) is 3.23. The molecule has 1 amide bonds. The van der Waals surface area contributed by atoms with E-state index >= 15 is 0 Å². The van der Waals surface area contributed by atoms with Crippen molar-refractivity contribution >= 4 is 27.5 Å². The highest BCUT2D eigenvalue weighted by atomic mass is 32.1. The lowest BCUT2D eigenvalue weighted by Gasteiger charge is -2.28. The molecule has 0 bridgehead atoms. The summed E-state index contributed by atoms with van der Waals surface area (Å²) in [5, 5.41) is 3.09. The SMILES string of the molecule is CNC(=O)c1sc2nc(COC3CCCCC3C)[nH]c(=O)c2c1C. The molecule has 130 valence electrons. The zero-order valence-corrected chi connectivity index (χ0v) is 15.1. The maximum Gasteiger partial charge on any atom is 0.261 e. The molecule has 2 heterocycles. The molecule has 2 atom stereocenters. The molecule has 0 saturated heterocycles. The van der Waals surface area contributed by atoms with Gasteiger partial charge in [-0.1, -0.05) is 19.8 Å². The van der Waals surface area contributed by atoms with E-state index < -0.39 is 0 Å². The molecule has 3 rings (SSSR count). The fourth-order valence-corrected chi connectivity index (χ4v) is 4.45. The molecule has 0 aliphatic heterocycles. The summed E-state index contributed by atoms with van der Waals surface area (Å²) in [6, 6.07) is 0. The Labute approximate surface area is 144 Å². The molecule has 0 aromatic carbocycles. The van der Waals surface area contributed by atoms with Crippen LogP contribution in [0.2, 0.25) is 0 Å². The van der Waals surface area contributed by atoms with Gasteiger partial charge in [-0.2, -0.15) is 0 Å². The minimum Gasteiger partial charge on any atom is -0.370 e. The van der Waals surface area contributed by atoms with Crippen LogP contribution in [-0.2, 0) is 11.3 Å². The smallest absolute Gasteiger partial charge is 0.261 e. The Hall–Kier alpha value is -1.73. The zero-order chi connectivity index (χ0) is 17.3. The Balaban J connectivity index is 1.85. The van der Waals surface area contributed by atoms with Crippen LogP contribution >= 0.6 is 11.3 Å². The molecular formula is C17H23N3O3S. The Morgan fingerprint density at radius 3 is 2.88 bits per heavy atom. The zero-order valence-electron chi connectivity index (χ0n) is 14.3. The average Bonchev–Trinajstić information content (AvgIpc) is 2.90. The number of carbonyl (C=O) groups is 1. The number of thiophene rings is 1. The monoisotopic (exact) mass is 349 g/mol. The van der Waals surface area contributed by atoms with Crippen LogP contribution < -0.4 is 10.9 Å². The number of aryl methyl sites for hydroxylation is 1. The van der Waals surface area contributed by atoms with Gasteiger partial charge in [0, 0.05) is 7.05 Å². The molecule has 2 aromatic rings. The average molecular weight is 349 g/mol. The number of carbonyl (C=O) groups excluding carboxylic acids is 1. The van der Waals surface area contributed by atoms with Crippen LogP contribution in [0.25, 0.3) is 10.2 Å². The van der Waals surface area contributed by atoms with Gasteiger partial charge in [-0.3, -0.25) is 9.59 Å². The topological polar surface area (TPSA) is 84.1 Å². The summed E-state index contributed by atoms with van der Waals surface area (Å²) < 4.78 is 5.98. The number of amides is 1. The maximum absolute atomic E-state index is 12.4. The second-order valence-electron chi connectivity index (χ2n) is 6.44. The molecule has 1 aliphatic carbocycles. The van der Waals surface area contributed by atoms with Gasteiger partial charge < -0.3 is 15.0 Å². The van der Waals surface area contributed by atoms with Crippen LogP contribution in [0.4, 0.5) is 0 Å². The largest absolute Gasteiger partial charge is 0.370 e. The molecule has 2 N–H and O–H groups in total. The maximum atomic E-state index is 12.4. The van der Waals surface area contributed by atoms with Gasteiger partial charge in [-0.05, 0) is 31.2 Å². The van der Waals surface area contributed by atoms with E-state index in [1.54, 1.807) is 14.0 Å². The summed E-state index contributed by atoms with van der Waals surface area (Å²) in [7, 11) is 1.58. The summed E-state index contributed by atoms with van der Waals surface area (Å²) in [4.78, 5) is 32.7. The minimum absolute atomic E-state index is 0.191. The summed E-state index contributed by atoms with van der Waals surface area (Å²) >= 11 is 1.25. The van der Waals surface area contributed by atoms with Gasteiger partial charge >= 0.3 is 0 Å². The Morgan fingerprint density at radius 1 is 1.42 bits per heavy atom. The lowest BCUT2D eigenvalue weighted by Crippen LogP contribution is -2.26. The number of nitrogens with one attached hydrogen (secondary N) is 2. The lowest BCUT2D eigenvalue weighted by atomic mass is 9.88. The quantitative estimate of drug-likeness (QED) is 0.889. The molecule has 2 aromatic heterocycles. The van der Waals surface area contributed by atoms with Gasteiger partial charge in [0.1, 0.15) is 17.3 Å². The molecular weight excluding hydrogens is 326 g/mol. The van der Waals surface area contributed by atoms with Gasteiger partial charge in [0.2, 0.25) is 0 Å². The molecule has 2 unspecified atom stereocenters. The molecule has 24 heavy (non-hydrogen) atoms. The third-order valence-corrected chi connectivity index (χ3v) is 5.93. The molecule has 0 spiro atoms. The molecule has 6 nitrogen and oxygen atoms in total. The summed E-state index contributed by atoms with van der Waals surface area (Å²) in [5.41, 5.74) is 0.468. The normalized spacial score (nSPS) is 21.1. The van der Waals surface area contributed by atoms with Gasteiger partial charge in [0.15, 0.2) is 0 Å². The molecule has 1 fully saturated rings. The number of fused-ring (bicyclic) bond motifs is 1. The van der Waals surface area contributed by atoms with Crippen molar-refractivity contribution in [1.29, 1.82) is 0 Å². The highest BCUT2D eigenvalue weighted by Crippen LogP contribution is 2.28. The van der Waals surface area contributed by atoms with Gasteiger partial charge in [-0.25, -0.2) is 4.98 Å². The second kappa shape index (κ2) is 7.03. The first-order valence-electron chi connectivity index (χ1n) is 8.37. The Bertz CT molecular complexity index is 811. The molecule has 1 aliphatic rings. The number of rotatable bonds is 4. The predicted octanol–water partition coefficient (Wildman–Crippen LogP) is 2.75. The summed E-state index contributed by atoms with van der Waals surface area (Å²) in [6.45, 7) is 4.29. The van der Waals surface area contributed by atoms with Crippen LogP contribution in [0, 0.1) is 12.8 Å². The molecule has 0 radical (unpaired) electrons. The van der Waals surface area contributed by atoms with E-state index in [-0.39, 0.29) is 17.6 Å². The summed E-state index contributed by atoms with van der Waals surface area (Å²) in [6.07, 6.45) is 4.93. The van der Waals surface area contributed by atoms with E-state index in [1.165, 1.54) is 30.6 Å². The van der Waals surface area contributed by atoms with Crippen LogP contribution in [0.3, 0.4) is 0 Å². The third-order valence-electron chi connectivity index (χ3n) is 4.75. The number of aromatic nitrogens is 2. The van der Waals surface area contributed by atoms with Crippen molar-refractivity contribution in [1.82, 2.24) is 15.3 Å². The number of hydrogen-bond donors (Lipinski definition) is 2. The number of ether oxygens (including phenoxy) is 1. The Kier molecular flexibility index (Phi) is 5.01. The van der Waals surface area contributed by atoms with Gasteiger partial charge in [0.25, 0.3) is 11.5 Å².